The van der Waals surface area contributed by atoms with Crippen LogP contribution < -0.4 is 11.1 Å². The van der Waals surface area contributed by atoms with Crippen molar-refractivity contribution in [1.82, 2.24) is 5.32 Å². The molecule has 0 saturated heterocycles. The predicted octanol–water partition coefficient (Wildman–Crippen LogP) is 0.551. The highest BCUT2D eigenvalue weighted by molar-refractivity contribution is 9.12. The van der Waals surface area contributed by atoms with Crippen LogP contribution in [0.25, 0.3) is 0 Å². The number of halogens is 1. The fraction of sp³-hybridized carbons (Fsp3) is 0.583. The molecule has 1 aliphatic rings. The molecule has 0 aromatic carbocycles. The molecule has 4 N–H and O–H groups in total. The quantitative estimate of drug-likeness (QED) is 0.681. The van der Waals surface area contributed by atoms with Gasteiger partial charge in [-0.3, -0.25) is 9.59 Å². The van der Waals surface area contributed by atoms with Crippen LogP contribution in [0.2, 0.25) is 0 Å². The molecule has 0 bridgehead atoms. The fourth-order valence-electron chi connectivity index (χ4n) is 1.83. The van der Waals surface area contributed by atoms with E-state index in [1.54, 1.807) is 6.08 Å². The summed E-state index contributed by atoms with van der Waals surface area (Å²) < 4.78 is 0.478. The number of hydrogen-bond acceptors (Lipinski definition) is 4. The molecule has 0 aromatic rings. The topological polar surface area (TPSA) is 109 Å². The molecule has 0 spiro atoms. The average Bonchev–Trinajstić information content (AvgIpc) is 2.32. The number of aliphatic carboxylic acids is 1. The number of carboxylic acid groups (broad SMARTS) is 1. The monoisotopic (exact) mass is 332 g/mol. The molecule has 106 valence electrons. The number of rotatable bonds is 5. The first-order valence-electron chi connectivity index (χ1n) is 6.00. The number of allylic oxidation sites excluding steroid dienone is 2. The third-order valence-electron chi connectivity index (χ3n) is 2.96. The number of amides is 1. The Morgan fingerprint density at radius 3 is 2.74 bits per heavy atom. The zero-order valence-corrected chi connectivity index (χ0v) is 12.1. The van der Waals surface area contributed by atoms with Crippen LogP contribution in [0.3, 0.4) is 0 Å². The maximum atomic E-state index is 11.4. The van der Waals surface area contributed by atoms with Crippen molar-refractivity contribution >= 4 is 33.6 Å². The van der Waals surface area contributed by atoms with Crippen molar-refractivity contribution in [2.75, 3.05) is 0 Å². The molecule has 1 rings (SSSR count). The van der Waals surface area contributed by atoms with Gasteiger partial charge in [0.1, 0.15) is 6.04 Å². The van der Waals surface area contributed by atoms with Crippen molar-refractivity contribution in [2.45, 2.75) is 38.3 Å². The Balaban J connectivity index is 2.67. The van der Waals surface area contributed by atoms with Gasteiger partial charge in [0.25, 0.3) is 0 Å². The van der Waals surface area contributed by atoms with E-state index in [0.29, 0.717) is 17.3 Å². The van der Waals surface area contributed by atoms with Crippen LogP contribution >= 0.6 is 15.9 Å². The Bertz CT molecular complexity index is 420. The van der Waals surface area contributed by atoms with Gasteiger partial charge in [0.05, 0.1) is 10.5 Å². The lowest BCUT2D eigenvalue weighted by Crippen LogP contribution is -2.48. The van der Waals surface area contributed by atoms with Gasteiger partial charge in [-0.15, -0.1) is 0 Å². The molecular formula is C12H17BrN2O4. The molecule has 0 unspecified atom stereocenters. The van der Waals surface area contributed by atoms with Crippen LogP contribution in [0.5, 0.6) is 0 Å². The Kier molecular flexibility index (Phi) is 5.68. The molecule has 0 radical (unpaired) electrons. The molecule has 19 heavy (non-hydrogen) atoms. The zero-order chi connectivity index (χ0) is 14.6. The number of nitrogens with two attached hydrogens (primary N) is 1. The first-order valence-corrected chi connectivity index (χ1v) is 6.79. The number of carbonyl (C=O) groups excluding carboxylic acids is 2. The lowest BCUT2D eigenvalue weighted by molar-refractivity contribution is -0.142. The normalized spacial score (nSPS) is 22.4. The minimum absolute atomic E-state index is 0.0164. The Hall–Kier alpha value is -1.21. The standard InChI is InChI=1S/C12H17BrN2O4/c1-6(14)11(17)15-9(12(18)19)5-7-2-3-10(16)8(13)4-7/h4,6-7,9H,2-3,5,14H2,1H3,(H,15,17)(H,18,19)/t6-,7+,9-/m0/s1. The van der Waals surface area contributed by atoms with Crippen molar-refractivity contribution < 1.29 is 19.5 Å². The molecular weight excluding hydrogens is 316 g/mol. The van der Waals surface area contributed by atoms with Crippen LogP contribution in [0.1, 0.15) is 26.2 Å². The Morgan fingerprint density at radius 2 is 2.26 bits per heavy atom. The lowest BCUT2D eigenvalue weighted by Gasteiger charge is -2.22. The van der Waals surface area contributed by atoms with E-state index in [2.05, 4.69) is 21.2 Å². The largest absolute Gasteiger partial charge is 0.480 e. The molecule has 7 heteroatoms. The molecule has 6 nitrogen and oxygen atoms in total. The van der Waals surface area contributed by atoms with Gasteiger partial charge in [-0.2, -0.15) is 0 Å². The van der Waals surface area contributed by atoms with Crippen molar-refractivity contribution in [3.8, 4) is 0 Å². The molecule has 3 atom stereocenters. The van der Waals surface area contributed by atoms with Crippen LogP contribution in [-0.2, 0) is 14.4 Å². The van der Waals surface area contributed by atoms with Crippen molar-refractivity contribution in [3.05, 3.63) is 10.6 Å². The zero-order valence-electron chi connectivity index (χ0n) is 10.6. The summed E-state index contributed by atoms with van der Waals surface area (Å²) in [5.41, 5.74) is 5.39. The highest BCUT2D eigenvalue weighted by Gasteiger charge is 2.27. The summed E-state index contributed by atoms with van der Waals surface area (Å²) in [6, 6.07) is -1.75. The third kappa shape index (κ3) is 4.76. The lowest BCUT2D eigenvalue weighted by atomic mass is 9.89. The maximum Gasteiger partial charge on any atom is 0.326 e. The predicted molar refractivity (Wildman–Crippen MR) is 72.6 cm³/mol. The number of nitrogens with one attached hydrogen (secondary N) is 1. The molecule has 1 aliphatic carbocycles. The number of carbonyl (C=O) groups is 3. The summed E-state index contributed by atoms with van der Waals surface area (Å²) in [5.74, 6) is -1.64. The second-order valence-electron chi connectivity index (χ2n) is 4.66. The van der Waals surface area contributed by atoms with Gasteiger partial charge in [-0.25, -0.2) is 4.79 Å². The van der Waals surface area contributed by atoms with Gasteiger partial charge >= 0.3 is 5.97 Å². The van der Waals surface area contributed by atoms with Gasteiger partial charge in [-0.1, -0.05) is 6.08 Å². The first-order chi connectivity index (χ1) is 8.81. The first kappa shape index (κ1) is 15.8. The van der Waals surface area contributed by atoms with Crippen LogP contribution in [-0.4, -0.2) is 34.8 Å². The van der Waals surface area contributed by atoms with Crippen molar-refractivity contribution in [1.29, 1.82) is 0 Å². The summed E-state index contributed by atoms with van der Waals surface area (Å²) in [5, 5.41) is 11.5. The van der Waals surface area contributed by atoms with E-state index < -0.39 is 24.0 Å². The van der Waals surface area contributed by atoms with E-state index in [4.69, 9.17) is 10.8 Å². The molecule has 1 amide bonds. The maximum absolute atomic E-state index is 11.4. The summed E-state index contributed by atoms with van der Waals surface area (Å²) in [4.78, 5) is 33.9. The Morgan fingerprint density at radius 1 is 1.63 bits per heavy atom. The highest BCUT2D eigenvalue weighted by Crippen LogP contribution is 2.27. The molecule has 0 saturated carbocycles. The second kappa shape index (κ2) is 6.81. The molecule has 0 heterocycles. The molecule has 0 aromatic heterocycles. The van der Waals surface area contributed by atoms with Crippen molar-refractivity contribution in [2.24, 2.45) is 11.7 Å². The SMILES string of the molecule is C[C@H](N)C(=O)N[C@@H](C[C@H]1C=C(Br)C(=O)CC1)C(=O)O. The average molecular weight is 333 g/mol. The number of ketones is 1. The Labute approximate surface area is 119 Å². The van der Waals surface area contributed by atoms with Gasteiger partial charge in [-0.05, 0) is 41.6 Å². The second-order valence-corrected chi connectivity index (χ2v) is 5.51. The number of carboxylic acids is 1. The summed E-state index contributed by atoms with van der Waals surface area (Å²) >= 11 is 3.15. The van der Waals surface area contributed by atoms with Gasteiger partial charge in [0, 0.05) is 6.42 Å². The van der Waals surface area contributed by atoms with Crippen LogP contribution in [0, 0.1) is 5.92 Å². The van der Waals surface area contributed by atoms with Crippen LogP contribution in [0.15, 0.2) is 10.6 Å². The number of hydrogen-bond donors (Lipinski definition) is 3. The van der Waals surface area contributed by atoms with Crippen LogP contribution in [0.4, 0.5) is 0 Å². The highest BCUT2D eigenvalue weighted by atomic mass is 79.9. The van der Waals surface area contributed by atoms with E-state index in [1.807, 2.05) is 0 Å². The summed E-state index contributed by atoms with van der Waals surface area (Å²) in [6.45, 7) is 1.49. The fourth-order valence-corrected chi connectivity index (χ4v) is 2.40. The third-order valence-corrected chi connectivity index (χ3v) is 3.66. The summed E-state index contributed by atoms with van der Waals surface area (Å²) in [7, 11) is 0. The number of Topliss-reactive ketones (excluding diaryl/α,β-unsaturated/α-hetero) is 1. The minimum Gasteiger partial charge on any atom is -0.480 e. The van der Waals surface area contributed by atoms with Gasteiger partial charge < -0.3 is 16.2 Å². The van der Waals surface area contributed by atoms with Crippen molar-refractivity contribution in [3.63, 3.8) is 0 Å². The van der Waals surface area contributed by atoms with E-state index in [1.165, 1.54) is 6.92 Å². The molecule has 0 aliphatic heterocycles. The van der Waals surface area contributed by atoms with E-state index in [0.717, 1.165) is 0 Å². The summed E-state index contributed by atoms with van der Waals surface area (Å²) in [6.07, 6.45) is 2.93. The smallest absolute Gasteiger partial charge is 0.326 e. The van der Waals surface area contributed by atoms with Gasteiger partial charge in [0.15, 0.2) is 5.78 Å². The molecule has 0 fully saturated rings. The minimum atomic E-state index is -1.10. The van der Waals surface area contributed by atoms with E-state index >= 15 is 0 Å². The van der Waals surface area contributed by atoms with E-state index in [9.17, 15) is 14.4 Å². The van der Waals surface area contributed by atoms with Gasteiger partial charge in [0.2, 0.25) is 5.91 Å². The van der Waals surface area contributed by atoms with E-state index in [-0.39, 0.29) is 18.1 Å².